The Morgan fingerprint density at radius 2 is 1.71 bits per heavy atom. The number of methoxy groups -OCH3 is 1. The fraction of sp³-hybridized carbons (Fsp3) is 0.636. The van der Waals surface area contributed by atoms with E-state index in [0.29, 0.717) is 18.5 Å². The molecule has 0 fully saturated rings. The summed E-state index contributed by atoms with van der Waals surface area (Å²) in [6.45, 7) is 7.91. The quantitative estimate of drug-likeness (QED) is 0.556. The molecule has 156 valence electrons. The number of rotatable bonds is 11. The maximum absolute atomic E-state index is 6.28. The molecule has 0 saturated carbocycles. The Hall–Kier alpha value is -2.24. The van der Waals surface area contributed by atoms with Crippen LogP contribution in [0.1, 0.15) is 71.3 Å². The van der Waals surface area contributed by atoms with Crippen LogP contribution >= 0.6 is 0 Å². The fourth-order valence-corrected chi connectivity index (χ4v) is 3.35. The molecule has 1 aliphatic rings. The summed E-state index contributed by atoms with van der Waals surface area (Å²) in [6, 6.07) is 8.02. The molecule has 0 saturated heterocycles. The van der Waals surface area contributed by atoms with Gasteiger partial charge in [-0.3, -0.25) is 4.99 Å². The minimum absolute atomic E-state index is 0.356. The molecule has 0 aromatic heterocycles. The van der Waals surface area contributed by atoms with Gasteiger partial charge in [-0.15, -0.1) is 0 Å². The van der Waals surface area contributed by atoms with Crippen LogP contribution in [0.5, 0.6) is 5.75 Å². The molecule has 6 heteroatoms. The minimum Gasteiger partial charge on any atom is -0.497 e. The SMILES string of the molecule is CCCCCCCCCN=C1N=C(N)N(Cc2ccc(OC)cc2)C(C)(C)N1. The molecule has 1 aromatic carbocycles. The number of ether oxygens (including phenoxy) is 1. The van der Waals surface area contributed by atoms with Gasteiger partial charge in [0.2, 0.25) is 11.9 Å². The summed E-state index contributed by atoms with van der Waals surface area (Å²) in [7, 11) is 1.67. The summed E-state index contributed by atoms with van der Waals surface area (Å²) in [5.41, 5.74) is 7.07. The van der Waals surface area contributed by atoms with Crippen molar-refractivity contribution in [3.05, 3.63) is 29.8 Å². The van der Waals surface area contributed by atoms with Crippen molar-refractivity contribution < 1.29 is 4.74 Å². The number of benzene rings is 1. The number of nitrogens with zero attached hydrogens (tertiary/aromatic N) is 3. The van der Waals surface area contributed by atoms with Crippen molar-refractivity contribution in [2.75, 3.05) is 13.7 Å². The van der Waals surface area contributed by atoms with Gasteiger partial charge >= 0.3 is 0 Å². The van der Waals surface area contributed by atoms with Crippen LogP contribution in [0, 0.1) is 0 Å². The second kappa shape index (κ2) is 10.9. The Bertz CT molecular complexity index is 651. The number of aliphatic imine (C=N–C) groups is 2. The van der Waals surface area contributed by atoms with Gasteiger partial charge in [0, 0.05) is 13.1 Å². The topological polar surface area (TPSA) is 75.2 Å². The standard InChI is InChI=1S/C22H37N5O/c1-5-6-7-8-9-10-11-16-24-21-25-20(23)27(22(2,3)26-21)17-18-12-14-19(28-4)15-13-18/h12-15H,5-11,16-17H2,1-4H3,(H3,23,24,25,26). The average Bonchev–Trinajstić information content (AvgIpc) is 2.67. The first kappa shape index (κ1) is 22.1. The number of unbranched alkanes of at least 4 members (excludes halogenated alkanes) is 6. The Morgan fingerprint density at radius 3 is 2.32 bits per heavy atom. The molecule has 6 nitrogen and oxygen atoms in total. The predicted molar refractivity (Wildman–Crippen MR) is 118 cm³/mol. The van der Waals surface area contributed by atoms with Crippen molar-refractivity contribution in [1.82, 2.24) is 10.2 Å². The molecule has 0 radical (unpaired) electrons. The number of nitrogens with two attached hydrogens (primary N) is 1. The van der Waals surface area contributed by atoms with Gasteiger partial charge in [0.25, 0.3) is 0 Å². The van der Waals surface area contributed by atoms with Crippen LogP contribution < -0.4 is 15.8 Å². The third-order valence-electron chi connectivity index (χ3n) is 5.11. The van der Waals surface area contributed by atoms with E-state index in [2.05, 4.69) is 41.0 Å². The van der Waals surface area contributed by atoms with Crippen molar-refractivity contribution in [1.29, 1.82) is 0 Å². The molecule has 28 heavy (non-hydrogen) atoms. The third kappa shape index (κ3) is 6.73. The van der Waals surface area contributed by atoms with Gasteiger partial charge in [-0.2, -0.15) is 4.99 Å². The lowest BCUT2D eigenvalue weighted by Crippen LogP contribution is -2.63. The summed E-state index contributed by atoms with van der Waals surface area (Å²) >= 11 is 0. The first-order chi connectivity index (χ1) is 13.5. The zero-order valence-electron chi connectivity index (χ0n) is 18.0. The largest absolute Gasteiger partial charge is 0.497 e. The molecule has 2 rings (SSSR count). The molecule has 1 aromatic rings. The molecule has 1 aliphatic heterocycles. The third-order valence-corrected chi connectivity index (χ3v) is 5.11. The Kier molecular flexibility index (Phi) is 8.61. The fourth-order valence-electron chi connectivity index (χ4n) is 3.35. The zero-order valence-corrected chi connectivity index (χ0v) is 18.0. The summed E-state index contributed by atoms with van der Waals surface area (Å²) in [5.74, 6) is 1.98. The van der Waals surface area contributed by atoms with Crippen LogP contribution in [0.4, 0.5) is 0 Å². The normalized spacial score (nSPS) is 17.4. The molecular weight excluding hydrogens is 350 g/mol. The lowest BCUT2D eigenvalue weighted by Gasteiger charge is -2.43. The van der Waals surface area contributed by atoms with E-state index >= 15 is 0 Å². The highest BCUT2D eigenvalue weighted by Crippen LogP contribution is 2.20. The van der Waals surface area contributed by atoms with Crippen LogP contribution in [-0.2, 0) is 6.54 Å². The van der Waals surface area contributed by atoms with Crippen LogP contribution in [-0.4, -0.2) is 36.1 Å². The van der Waals surface area contributed by atoms with Gasteiger partial charge in [0.05, 0.1) is 7.11 Å². The highest BCUT2D eigenvalue weighted by molar-refractivity contribution is 5.97. The summed E-state index contributed by atoms with van der Waals surface area (Å²) in [5, 5.41) is 3.42. The summed E-state index contributed by atoms with van der Waals surface area (Å²) < 4.78 is 5.22. The molecule has 0 bridgehead atoms. The molecule has 0 amide bonds. The number of hydrogen-bond donors (Lipinski definition) is 2. The highest BCUT2D eigenvalue weighted by atomic mass is 16.5. The monoisotopic (exact) mass is 387 g/mol. The van der Waals surface area contributed by atoms with Gasteiger partial charge in [0.15, 0.2) is 0 Å². The molecule has 0 aliphatic carbocycles. The van der Waals surface area contributed by atoms with E-state index in [1.807, 2.05) is 24.3 Å². The zero-order chi connectivity index (χ0) is 20.4. The van der Waals surface area contributed by atoms with E-state index in [9.17, 15) is 0 Å². The van der Waals surface area contributed by atoms with Crippen LogP contribution in [0.2, 0.25) is 0 Å². The number of guanidine groups is 2. The molecule has 0 spiro atoms. The second-order valence-electron chi connectivity index (χ2n) is 7.91. The van der Waals surface area contributed by atoms with Crippen LogP contribution in [0.15, 0.2) is 34.3 Å². The lowest BCUT2D eigenvalue weighted by molar-refractivity contribution is 0.178. The Labute approximate surface area is 170 Å². The summed E-state index contributed by atoms with van der Waals surface area (Å²) in [4.78, 5) is 11.2. The van der Waals surface area contributed by atoms with E-state index in [4.69, 9.17) is 10.5 Å². The van der Waals surface area contributed by atoms with Gasteiger partial charge in [0.1, 0.15) is 11.4 Å². The Morgan fingerprint density at radius 1 is 1.07 bits per heavy atom. The molecule has 3 N–H and O–H groups in total. The van der Waals surface area contributed by atoms with E-state index in [1.165, 1.54) is 38.5 Å². The van der Waals surface area contributed by atoms with Gasteiger partial charge in [-0.1, -0.05) is 57.6 Å². The van der Waals surface area contributed by atoms with Crippen LogP contribution in [0.3, 0.4) is 0 Å². The highest BCUT2D eigenvalue weighted by Gasteiger charge is 2.33. The molecule has 0 unspecified atom stereocenters. The van der Waals surface area contributed by atoms with Gasteiger partial charge < -0.3 is 20.7 Å². The first-order valence-electron chi connectivity index (χ1n) is 10.5. The maximum Gasteiger partial charge on any atom is 0.223 e. The van der Waals surface area contributed by atoms with Crippen molar-refractivity contribution in [3.8, 4) is 5.75 Å². The van der Waals surface area contributed by atoms with E-state index in [0.717, 1.165) is 24.3 Å². The number of nitrogens with one attached hydrogen (secondary N) is 1. The second-order valence-corrected chi connectivity index (χ2v) is 7.91. The van der Waals surface area contributed by atoms with Gasteiger partial charge in [-0.25, -0.2) is 0 Å². The van der Waals surface area contributed by atoms with Crippen molar-refractivity contribution in [2.45, 2.75) is 77.9 Å². The van der Waals surface area contributed by atoms with Crippen molar-refractivity contribution in [2.24, 2.45) is 15.7 Å². The minimum atomic E-state index is -0.356. The van der Waals surface area contributed by atoms with Crippen LogP contribution in [0.25, 0.3) is 0 Å². The van der Waals surface area contributed by atoms with Crippen molar-refractivity contribution >= 4 is 11.9 Å². The predicted octanol–water partition coefficient (Wildman–Crippen LogP) is 4.26. The van der Waals surface area contributed by atoms with E-state index in [-0.39, 0.29) is 5.66 Å². The molecular formula is C22H37N5O. The smallest absolute Gasteiger partial charge is 0.223 e. The molecule has 1 heterocycles. The summed E-state index contributed by atoms with van der Waals surface area (Å²) in [6.07, 6.45) is 8.96. The van der Waals surface area contributed by atoms with E-state index < -0.39 is 0 Å². The number of hydrogen-bond acceptors (Lipinski definition) is 4. The van der Waals surface area contributed by atoms with E-state index in [1.54, 1.807) is 7.11 Å². The maximum atomic E-state index is 6.28. The first-order valence-corrected chi connectivity index (χ1v) is 10.5. The Balaban J connectivity index is 1.88. The average molecular weight is 388 g/mol. The van der Waals surface area contributed by atoms with Gasteiger partial charge in [-0.05, 0) is 38.0 Å². The lowest BCUT2D eigenvalue weighted by atomic mass is 10.1. The van der Waals surface area contributed by atoms with Crippen molar-refractivity contribution in [3.63, 3.8) is 0 Å². The molecule has 0 atom stereocenters.